The lowest BCUT2D eigenvalue weighted by molar-refractivity contribution is -0.139. The highest BCUT2D eigenvalue weighted by atomic mass is 16.5. The number of hydrogen-bond donors (Lipinski definition) is 0. The van der Waals surface area contributed by atoms with Crippen LogP contribution >= 0.6 is 0 Å². The molecular formula is C24H27N3O4. The first kappa shape index (κ1) is 20.9. The van der Waals surface area contributed by atoms with E-state index in [1.807, 2.05) is 66.1 Å². The smallest absolute Gasteiger partial charge is 0.227 e. The maximum atomic E-state index is 12.6. The summed E-state index contributed by atoms with van der Waals surface area (Å²) in [6, 6.07) is 13.8. The van der Waals surface area contributed by atoms with Crippen molar-refractivity contribution >= 4 is 11.8 Å². The molecule has 0 bridgehead atoms. The number of furan rings is 1. The minimum absolute atomic E-state index is 0.0468. The molecule has 1 fully saturated rings. The van der Waals surface area contributed by atoms with E-state index in [2.05, 4.69) is 5.16 Å². The Kier molecular flexibility index (Phi) is 6.21. The predicted molar refractivity (Wildman–Crippen MR) is 115 cm³/mol. The number of aryl methyl sites for hydroxylation is 3. The van der Waals surface area contributed by atoms with E-state index in [1.54, 1.807) is 0 Å². The summed E-state index contributed by atoms with van der Waals surface area (Å²) in [6.07, 6.45) is 1.25. The van der Waals surface area contributed by atoms with Crippen LogP contribution in [-0.4, -0.2) is 52.9 Å². The summed E-state index contributed by atoms with van der Waals surface area (Å²) < 4.78 is 11.0. The van der Waals surface area contributed by atoms with Crippen LogP contribution in [0.5, 0.6) is 0 Å². The Morgan fingerprint density at radius 2 is 1.61 bits per heavy atom. The van der Waals surface area contributed by atoms with Gasteiger partial charge in [-0.1, -0.05) is 35.5 Å². The van der Waals surface area contributed by atoms with E-state index in [1.165, 1.54) is 0 Å². The van der Waals surface area contributed by atoms with Gasteiger partial charge in [-0.3, -0.25) is 9.59 Å². The third-order valence-corrected chi connectivity index (χ3v) is 5.80. The van der Waals surface area contributed by atoms with Crippen molar-refractivity contribution in [2.45, 2.75) is 33.1 Å². The van der Waals surface area contributed by atoms with Crippen LogP contribution in [0.4, 0.5) is 0 Å². The van der Waals surface area contributed by atoms with Gasteiger partial charge in [0.1, 0.15) is 17.3 Å². The normalized spacial score (nSPS) is 14.1. The van der Waals surface area contributed by atoms with Crippen molar-refractivity contribution in [2.75, 3.05) is 26.2 Å². The quantitative estimate of drug-likeness (QED) is 0.609. The lowest BCUT2D eigenvalue weighted by Gasteiger charge is -2.35. The summed E-state index contributed by atoms with van der Waals surface area (Å²) in [5, 5.41) is 3.91. The molecule has 0 saturated carbocycles. The van der Waals surface area contributed by atoms with Crippen molar-refractivity contribution in [3.05, 3.63) is 65.2 Å². The molecule has 0 aliphatic carbocycles. The van der Waals surface area contributed by atoms with Crippen LogP contribution in [0.15, 0.2) is 51.4 Å². The zero-order chi connectivity index (χ0) is 21.8. The van der Waals surface area contributed by atoms with Crippen LogP contribution in [0.3, 0.4) is 0 Å². The summed E-state index contributed by atoms with van der Waals surface area (Å²) in [5.74, 6) is 2.45. The summed E-state index contributed by atoms with van der Waals surface area (Å²) >= 11 is 0. The van der Waals surface area contributed by atoms with Gasteiger partial charge in [0, 0.05) is 50.1 Å². The fraction of sp³-hybridized carbons (Fsp3) is 0.375. The first-order chi connectivity index (χ1) is 15.0. The Morgan fingerprint density at radius 1 is 0.935 bits per heavy atom. The summed E-state index contributed by atoms with van der Waals surface area (Å²) in [6.45, 7) is 5.87. The molecule has 1 aliphatic rings. The number of aromatic nitrogens is 1. The second kappa shape index (κ2) is 9.20. The molecule has 0 spiro atoms. The van der Waals surface area contributed by atoms with Crippen molar-refractivity contribution < 1.29 is 18.5 Å². The van der Waals surface area contributed by atoms with E-state index in [4.69, 9.17) is 8.94 Å². The van der Waals surface area contributed by atoms with Crippen LogP contribution in [0, 0.1) is 13.8 Å². The van der Waals surface area contributed by atoms with Crippen molar-refractivity contribution in [2.24, 2.45) is 0 Å². The molecule has 0 N–H and O–H groups in total. The van der Waals surface area contributed by atoms with Crippen LogP contribution < -0.4 is 0 Å². The van der Waals surface area contributed by atoms with Gasteiger partial charge in [0.25, 0.3) is 0 Å². The molecule has 7 nitrogen and oxygen atoms in total. The second-order valence-electron chi connectivity index (χ2n) is 7.87. The molecule has 2 amide bonds. The van der Waals surface area contributed by atoms with E-state index in [9.17, 15) is 9.59 Å². The zero-order valence-electron chi connectivity index (χ0n) is 18.0. The Balaban J connectivity index is 1.24. The Bertz CT molecular complexity index is 1030. The van der Waals surface area contributed by atoms with Crippen molar-refractivity contribution in [3.63, 3.8) is 0 Å². The highest BCUT2D eigenvalue weighted by Crippen LogP contribution is 2.22. The number of benzene rings is 1. The van der Waals surface area contributed by atoms with Crippen LogP contribution in [-0.2, 0) is 22.4 Å². The fourth-order valence-corrected chi connectivity index (χ4v) is 3.88. The Labute approximate surface area is 181 Å². The number of amides is 2. The van der Waals surface area contributed by atoms with Gasteiger partial charge in [0.15, 0.2) is 0 Å². The average Bonchev–Trinajstić information content (AvgIpc) is 3.40. The van der Waals surface area contributed by atoms with E-state index in [0.717, 1.165) is 28.3 Å². The molecule has 162 valence electrons. The Hall–Kier alpha value is -3.35. The standard InChI is InChI=1S/C24H27N3O4/c1-17-21(18(2)31-25-17)16-24(29)27-14-12-26(13-15-27)23(28)11-9-20-8-10-22(30-20)19-6-4-3-5-7-19/h3-8,10H,9,11-16H2,1-2H3. The van der Waals surface area contributed by atoms with E-state index in [-0.39, 0.29) is 18.2 Å². The van der Waals surface area contributed by atoms with E-state index >= 15 is 0 Å². The molecular weight excluding hydrogens is 394 g/mol. The first-order valence-electron chi connectivity index (χ1n) is 10.6. The third-order valence-electron chi connectivity index (χ3n) is 5.80. The molecule has 4 rings (SSSR count). The topological polar surface area (TPSA) is 79.8 Å². The van der Waals surface area contributed by atoms with Gasteiger partial charge in [-0.25, -0.2) is 0 Å². The Morgan fingerprint density at radius 3 is 2.26 bits per heavy atom. The molecule has 3 heterocycles. The van der Waals surface area contributed by atoms with Gasteiger partial charge < -0.3 is 18.7 Å². The number of carbonyl (C=O) groups excluding carboxylic acids is 2. The molecule has 0 radical (unpaired) electrons. The molecule has 0 unspecified atom stereocenters. The second-order valence-corrected chi connectivity index (χ2v) is 7.87. The van der Waals surface area contributed by atoms with Gasteiger partial charge in [0.05, 0.1) is 12.1 Å². The molecule has 1 aliphatic heterocycles. The molecule has 3 aromatic rings. The summed E-state index contributed by atoms with van der Waals surface area (Å²) in [4.78, 5) is 28.9. The predicted octanol–water partition coefficient (Wildman–Crippen LogP) is 3.40. The summed E-state index contributed by atoms with van der Waals surface area (Å²) in [5.41, 5.74) is 2.64. The van der Waals surface area contributed by atoms with Gasteiger partial charge in [0.2, 0.25) is 11.8 Å². The number of hydrogen-bond acceptors (Lipinski definition) is 5. The van der Waals surface area contributed by atoms with Gasteiger partial charge in [-0.2, -0.15) is 0 Å². The fourth-order valence-electron chi connectivity index (χ4n) is 3.88. The molecule has 0 atom stereocenters. The maximum absolute atomic E-state index is 12.6. The number of piperazine rings is 1. The van der Waals surface area contributed by atoms with Gasteiger partial charge >= 0.3 is 0 Å². The molecule has 1 saturated heterocycles. The third kappa shape index (κ3) is 4.87. The minimum atomic E-state index is 0.0468. The molecule has 1 aromatic carbocycles. The van der Waals surface area contributed by atoms with Gasteiger partial charge in [-0.05, 0) is 26.0 Å². The SMILES string of the molecule is Cc1noc(C)c1CC(=O)N1CCN(C(=O)CCc2ccc(-c3ccccc3)o2)CC1. The lowest BCUT2D eigenvalue weighted by atomic mass is 10.1. The van der Waals surface area contributed by atoms with Crippen LogP contribution in [0.2, 0.25) is 0 Å². The lowest BCUT2D eigenvalue weighted by Crippen LogP contribution is -2.51. The minimum Gasteiger partial charge on any atom is -0.461 e. The van der Waals surface area contributed by atoms with Crippen molar-refractivity contribution in [1.82, 2.24) is 15.0 Å². The van der Waals surface area contributed by atoms with Crippen LogP contribution in [0.25, 0.3) is 11.3 Å². The monoisotopic (exact) mass is 421 g/mol. The number of rotatable bonds is 6. The van der Waals surface area contributed by atoms with Crippen molar-refractivity contribution in [3.8, 4) is 11.3 Å². The molecule has 31 heavy (non-hydrogen) atoms. The van der Waals surface area contributed by atoms with Crippen LogP contribution in [0.1, 0.15) is 29.2 Å². The van der Waals surface area contributed by atoms with Gasteiger partial charge in [-0.15, -0.1) is 0 Å². The summed E-state index contributed by atoms with van der Waals surface area (Å²) in [7, 11) is 0. The molecule has 2 aromatic heterocycles. The largest absolute Gasteiger partial charge is 0.461 e. The first-order valence-corrected chi connectivity index (χ1v) is 10.6. The zero-order valence-corrected chi connectivity index (χ0v) is 18.0. The number of carbonyl (C=O) groups is 2. The molecule has 7 heteroatoms. The van der Waals surface area contributed by atoms with E-state index < -0.39 is 0 Å². The highest BCUT2D eigenvalue weighted by molar-refractivity contribution is 5.80. The van der Waals surface area contributed by atoms with Crippen molar-refractivity contribution in [1.29, 1.82) is 0 Å². The van der Waals surface area contributed by atoms with E-state index in [0.29, 0.717) is 44.8 Å². The number of nitrogens with zero attached hydrogens (tertiary/aromatic N) is 3. The maximum Gasteiger partial charge on any atom is 0.227 e. The average molecular weight is 421 g/mol. The highest BCUT2D eigenvalue weighted by Gasteiger charge is 2.25.